The molecule has 1 aliphatic heterocycles. The molecule has 4 rings (SSSR count). The number of thiazole rings is 1. The highest BCUT2D eigenvalue weighted by molar-refractivity contribution is 7.13. The van der Waals surface area contributed by atoms with Gasteiger partial charge in [0.05, 0.1) is 10.7 Å². The van der Waals surface area contributed by atoms with Crippen LogP contribution in [0.2, 0.25) is 5.02 Å². The lowest BCUT2D eigenvalue weighted by Crippen LogP contribution is -2.39. The highest BCUT2D eigenvalue weighted by atomic mass is 35.5. The van der Waals surface area contributed by atoms with E-state index in [1.165, 1.54) is 16.9 Å². The molecule has 6 heteroatoms. The summed E-state index contributed by atoms with van der Waals surface area (Å²) in [5, 5.41) is 1.73. The zero-order valence-electron chi connectivity index (χ0n) is 17.6. The average molecular weight is 440 g/mol. The van der Waals surface area contributed by atoms with E-state index >= 15 is 0 Å². The van der Waals surface area contributed by atoms with Gasteiger partial charge in [0.15, 0.2) is 0 Å². The Morgan fingerprint density at radius 2 is 2.00 bits per heavy atom. The number of pyridine rings is 1. The molecule has 0 bridgehead atoms. The lowest BCUT2D eigenvalue weighted by molar-refractivity contribution is 0.0710. The highest BCUT2D eigenvalue weighted by Gasteiger charge is 2.28. The van der Waals surface area contributed by atoms with E-state index in [0.29, 0.717) is 6.54 Å². The predicted octanol–water partition coefficient (Wildman–Crippen LogP) is 5.73. The van der Waals surface area contributed by atoms with Crippen LogP contribution in [0.3, 0.4) is 0 Å². The van der Waals surface area contributed by atoms with Crippen LogP contribution in [0.1, 0.15) is 61.6 Å². The molecule has 0 N–H and O–H groups in total. The second-order valence-electron chi connectivity index (χ2n) is 8.05. The van der Waals surface area contributed by atoms with Gasteiger partial charge in [0.1, 0.15) is 4.88 Å². The first-order chi connectivity index (χ1) is 14.4. The number of aromatic nitrogens is 2. The van der Waals surface area contributed by atoms with Crippen LogP contribution in [0.25, 0.3) is 0 Å². The summed E-state index contributed by atoms with van der Waals surface area (Å²) >= 11 is 7.86. The van der Waals surface area contributed by atoms with Gasteiger partial charge in [-0.25, -0.2) is 4.98 Å². The Morgan fingerprint density at radius 3 is 2.73 bits per heavy atom. The molecule has 156 valence electrons. The Bertz CT molecular complexity index is 1080. The zero-order chi connectivity index (χ0) is 21.3. The molecule has 0 radical (unpaired) electrons. The normalized spacial score (nSPS) is 16.7. The van der Waals surface area contributed by atoms with Crippen molar-refractivity contribution in [1.29, 1.82) is 0 Å². The molecule has 0 spiro atoms. The van der Waals surface area contributed by atoms with Gasteiger partial charge in [0, 0.05) is 35.4 Å². The van der Waals surface area contributed by atoms with Crippen LogP contribution in [0, 0.1) is 20.8 Å². The van der Waals surface area contributed by atoms with Gasteiger partial charge in [0.2, 0.25) is 0 Å². The maximum Gasteiger partial charge on any atom is 0.265 e. The number of carbonyl (C=O) groups excluding carboxylic acids is 1. The number of halogens is 1. The predicted molar refractivity (Wildman–Crippen MR) is 123 cm³/mol. The third kappa shape index (κ3) is 4.57. The van der Waals surface area contributed by atoms with Crippen LogP contribution in [0.4, 0.5) is 0 Å². The summed E-state index contributed by atoms with van der Waals surface area (Å²) in [6.07, 6.45) is 2.82. The van der Waals surface area contributed by atoms with Gasteiger partial charge in [-0.1, -0.05) is 29.8 Å². The van der Waals surface area contributed by atoms with Gasteiger partial charge in [-0.05, 0) is 69.4 Å². The molecule has 1 amide bonds. The fraction of sp³-hybridized carbons (Fsp3) is 0.375. The lowest BCUT2D eigenvalue weighted by Gasteiger charge is -2.32. The maximum absolute atomic E-state index is 13.1. The van der Waals surface area contributed by atoms with Gasteiger partial charge in [-0.15, -0.1) is 11.3 Å². The molecule has 2 aromatic heterocycles. The van der Waals surface area contributed by atoms with E-state index in [-0.39, 0.29) is 11.8 Å². The topological polar surface area (TPSA) is 46.1 Å². The maximum atomic E-state index is 13.1. The van der Waals surface area contributed by atoms with Crippen molar-refractivity contribution < 1.29 is 4.79 Å². The molecule has 1 saturated heterocycles. The van der Waals surface area contributed by atoms with Crippen molar-refractivity contribution in [2.24, 2.45) is 0 Å². The number of rotatable bonds is 4. The first-order valence-corrected chi connectivity index (χ1v) is 11.5. The van der Waals surface area contributed by atoms with Crippen molar-refractivity contribution in [3.8, 4) is 0 Å². The van der Waals surface area contributed by atoms with Crippen LogP contribution < -0.4 is 0 Å². The third-order valence-electron chi connectivity index (χ3n) is 5.61. The monoisotopic (exact) mass is 439 g/mol. The van der Waals surface area contributed by atoms with E-state index in [1.54, 1.807) is 0 Å². The summed E-state index contributed by atoms with van der Waals surface area (Å²) in [5.74, 6) is 0.355. The number of amides is 1. The molecule has 1 fully saturated rings. The molecule has 0 unspecified atom stereocenters. The molecule has 3 heterocycles. The van der Waals surface area contributed by atoms with E-state index in [1.807, 2.05) is 43.9 Å². The number of carbonyl (C=O) groups is 1. The Balaban J connectivity index is 1.55. The number of likely N-dealkylation sites (tertiary alicyclic amines) is 1. The summed E-state index contributed by atoms with van der Waals surface area (Å²) in [7, 11) is 0. The summed E-state index contributed by atoms with van der Waals surface area (Å²) in [5.41, 5.74) is 5.24. The Labute approximate surface area is 186 Å². The molecule has 1 aromatic carbocycles. The van der Waals surface area contributed by atoms with Crippen LogP contribution in [-0.2, 0) is 6.42 Å². The number of nitrogens with zero attached hydrogens (tertiary/aromatic N) is 3. The van der Waals surface area contributed by atoms with Crippen LogP contribution in [0.15, 0.2) is 36.4 Å². The van der Waals surface area contributed by atoms with E-state index in [9.17, 15) is 4.79 Å². The number of hydrogen-bond acceptors (Lipinski definition) is 4. The SMILES string of the molecule is Cc1cc(Cc2ccccc2Cl)cc([C@H]2CCCN(C(=O)c3sc(C)nc3C)C2)n1. The van der Waals surface area contributed by atoms with E-state index in [2.05, 4.69) is 23.2 Å². The molecular weight excluding hydrogens is 414 g/mol. The first kappa shape index (κ1) is 21.0. The van der Waals surface area contributed by atoms with Gasteiger partial charge >= 0.3 is 0 Å². The van der Waals surface area contributed by atoms with Crippen molar-refractivity contribution in [2.45, 2.75) is 46.0 Å². The minimum absolute atomic E-state index is 0.103. The minimum Gasteiger partial charge on any atom is -0.337 e. The summed E-state index contributed by atoms with van der Waals surface area (Å²) in [6, 6.07) is 12.3. The lowest BCUT2D eigenvalue weighted by atomic mass is 9.92. The quantitative estimate of drug-likeness (QED) is 0.521. The fourth-order valence-corrected chi connectivity index (χ4v) is 5.31. The van der Waals surface area contributed by atoms with Gasteiger partial charge in [-0.2, -0.15) is 0 Å². The van der Waals surface area contributed by atoms with Crippen LogP contribution >= 0.6 is 22.9 Å². The van der Waals surface area contributed by atoms with Crippen molar-refractivity contribution in [1.82, 2.24) is 14.9 Å². The van der Waals surface area contributed by atoms with Crippen molar-refractivity contribution >= 4 is 28.8 Å². The molecule has 0 aliphatic carbocycles. The zero-order valence-corrected chi connectivity index (χ0v) is 19.2. The minimum atomic E-state index is 0.103. The van der Waals surface area contributed by atoms with Crippen LogP contribution in [0.5, 0.6) is 0 Å². The van der Waals surface area contributed by atoms with E-state index in [0.717, 1.165) is 63.4 Å². The Morgan fingerprint density at radius 1 is 1.20 bits per heavy atom. The molecular formula is C24H26ClN3OS. The molecule has 1 atom stereocenters. The molecule has 30 heavy (non-hydrogen) atoms. The highest BCUT2D eigenvalue weighted by Crippen LogP contribution is 2.30. The van der Waals surface area contributed by atoms with Gasteiger partial charge in [-0.3, -0.25) is 9.78 Å². The fourth-order valence-electron chi connectivity index (χ4n) is 4.22. The average Bonchev–Trinajstić information content (AvgIpc) is 3.07. The molecule has 1 aliphatic rings. The van der Waals surface area contributed by atoms with E-state index in [4.69, 9.17) is 16.6 Å². The summed E-state index contributed by atoms with van der Waals surface area (Å²) in [6.45, 7) is 7.40. The van der Waals surface area contributed by atoms with Crippen molar-refractivity contribution in [3.05, 3.63) is 79.5 Å². The first-order valence-electron chi connectivity index (χ1n) is 10.3. The molecule has 4 nitrogen and oxygen atoms in total. The number of hydrogen-bond donors (Lipinski definition) is 0. The molecule has 0 saturated carbocycles. The smallest absolute Gasteiger partial charge is 0.265 e. The summed E-state index contributed by atoms with van der Waals surface area (Å²) < 4.78 is 0. The van der Waals surface area contributed by atoms with Crippen LogP contribution in [-0.4, -0.2) is 33.9 Å². The third-order valence-corrected chi connectivity index (χ3v) is 7.04. The Hall–Kier alpha value is -2.24. The summed E-state index contributed by atoms with van der Waals surface area (Å²) in [4.78, 5) is 25.1. The Kier molecular flexibility index (Phi) is 6.21. The number of benzene rings is 1. The van der Waals surface area contributed by atoms with Gasteiger partial charge < -0.3 is 4.90 Å². The number of aryl methyl sites for hydroxylation is 3. The number of piperidine rings is 1. The van der Waals surface area contributed by atoms with Gasteiger partial charge in [0.25, 0.3) is 5.91 Å². The molecule has 3 aromatic rings. The van der Waals surface area contributed by atoms with E-state index < -0.39 is 0 Å². The second kappa shape index (κ2) is 8.86. The largest absolute Gasteiger partial charge is 0.337 e. The standard InChI is InChI=1S/C24H26ClN3OS/c1-15-11-18(12-19-7-4-5-9-21(19)25)13-22(26-15)20-8-6-10-28(14-20)24(29)23-16(2)27-17(3)30-23/h4-5,7,9,11,13,20H,6,8,10,12,14H2,1-3H3/t20-/m0/s1. The van der Waals surface area contributed by atoms with Crippen molar-refractivity contribution in [2.75, 3.05) is 13.1 Å². The second-order valence-corrected chi connectivity index (χ2v) is 9.66. The van der Waals surface area contributed by atoms with Crippen molar-refractivity contribution in [3.63, 3.8) is 0 Å².